The Hall–Kier alpha value is -2.43. The quantitative estimate of drug-likeness (QED) is 0.284. The lowest BCUT2D eigenvalue weighted by Gasteiger charge is -2.11. The molecule has 0 radical (unpaired) electrons. The number of benzene rings is 1. The molecular formula is C18H22FIN6O. The minimum atomic E-state index is -0.197. The number of nitrogens with one attached hydrogen (secondary N) is 3. The van der Waals surface area contributed by atoms with Gasteiger partial charge in [-0.2, -0.15) is 5.10 Å². The summed E-state index contributed by atoms with van der Waals surface area (Å²) in [4.78, 5) is 8.57. The molecule has 0 saturated carbocycles. The van der Waals surface area contributed by atoms with Gasteiger partial charge in [-0.3, -0.25) is 10.1 Å². The number of hydrogen-bond donors (Lipinski definition) is 3. The van der Waals surface area contributed by atoms with E-state index >= 15 is 0 Å². The number of guanidine groups is 1. The fourth-order valence-corrected chi connectivity index (χ4v) is 2.45. The monoisotopic (exact) mass is 484 g/mol. The number of nitrogens with zero attached hydrogens (tertiary/aromatic N) is 3. The molecular weight excluding hydrogens is 462 g/mol. The Morgan fingerprint density at radius 3 is 2.85 bits per heavy atom. The summed E-state index contributed by atoms with van der Waals surface area (Å²) in [5, 5.41) is 13.4. The Kier molecular flexibility index (Phi) is 7.77. The lowest BCUT2D eigenvalue weighted by Crippen LogP contribution is -2.38. The molecule has 9 heteroatoms. The molecule has 0 aliphatic heterocycles. The number of H-pyrrole nitrogens is 1. The molecule has 0 aliphatic rings. The lowest BCUT2D eigenvalue weighted by molar-refractivity contribution is 0.577. The van der Waals surface area contributed by atoms with Crippen LogP contribution in [0.3, 0.4) is 0 Å². The molecule has 0 amide bonds. The van der Waals surface area contributed by atoms with Gasteiger partial charge in [-0.25, -0.2) is 9.37 Å². The molecule has 0 unspecified atom stereocenters. The smallest absolute Gasteiger partial charge is 0.216 e. The summed E-state index contributed by atoms with van der Waals surface area (Å²) in [5.41, 5.74) is 1.62. The third-order valence-corrected chi connectivity index (χ3v) is 3.83. The van der Waals surface area contributed by atoms with Gasteiger partial charge in [0.2, 0.25) is 5.82 Å². The number of aromatic nitrogens is 3. The first-order valence-corrected chi connectivity index (χ1v) is 8.30. The van der Waals surface area contributed by atoms with Gasteiger partial charge in [0.1, 0.15) is 11.6 Å². The lowest BCUT2D eigenvalue weighted by atomic mass is 10.1. The van der Waals surface area contributed by atoms with Crippen molar-refractivity contribution in [2.24, 2.45) is 4.99 Å². The third-order valence-electron chi connectivity index (χ3n) is 3.83. The minimum Gasteiger partial charge on any atom is -0.461 e. The predicted octanol–water partition coefficient (Wildman–Crippen LogP) is 3.04. The molecule has 0 saturated heterocycles. The summed E-state index contributed by atoms with van der Waals surface area (Å²) in [6, 6.07) is 8.66. The summed E-state index contributed by atoms with van der Waals surface area (Å²) in [5.74, 6) is 2.40. The van der Waals surface area contributed by atoms with Crippen molar-refractivity contribution in [2.45, 2.75) is 19.9 Å². The summed E-state index contributed by atoms with van der Waals surface area (Å²) < 4.78 is 18.6. The largest absolute Gasteiger partial charge is 0.461 e. The molecule has 0 atom stereocenters. The number of furan rings is 1. The maximum atomic E-state index is 13.3. The number of aryl methyl sites for hydroxylation is 1. The molecule has 3 N–H and O–H groups in total. The van der Waals surface area contributed by atoms with Crippen molar-refractivity contribution in [2.75, 3.05) is 13.6 Å². The zero-order chi connectivity index (χ0) is 18.4. The number of aromatic amines is 1. The average Bonchev–Trinajstić information content (AvgIpc) is 3.32. The number of aliphatic imine (C=N–C) groups is 1. The Labute approximate surface area is 173 Å². The van der Waals surface area contributed by atoms with Crippen LogP contribution in [-0.4, -0.2) is 34.7 Å². The van der Waals surface area contributed by atoms with Crippen molar-refractivity contribution < 1.29 is 8.81 Å². The van der Waals surface area contributed by atoms with Crippen LogP contribution in [0.1, 0.15) is 17.0 Å². The molecule has 0 spiro atoms. The van der Waals surface area contributed by atoms with E-state index in [1.807, 2.05) is 12.1 Å². The van der Waals surface area contributed by atoms with Crippen molar-refractivity contribution in [3.8, 4) is 11.6 Å². The van der Waals surface area contributed by atoms with Gasteiger partial charge >= 0.3 is 0 Å². The summed E-state index contributed by atoms with van der Waals surface area (Å²) in [6.07, 6.45) is 2.25. The normalized spacial score (nSPS) is 11.1. The molecule has 0 bridgehead atoms. The topological polar surface area (TPSA) is 91.1 Å². The predicted molar refractivity (Wildman–Crippen MR) is 113 cm³/mol. The van der Waals surface area contributed by atoms with Gasteiger partial charge in [-0.15, -0.1) is 24.0 Å². The highest BCUT2D eigenvalue weighted by Crippen LogP contribution is 2.14. The van der Waals surface area contributed by atoms with Crippen LogP contribution in [0.2, 0.25) is 0 Å². The molecule has 0 fully saturated rings. The molecule has 144 valence electrons. The maximum absolute atomic E-state index is 13.3. The van der Waals surface area contributed by atoms with Crippen LogP contribution in [-0.2, 0) is 13.0 Å². The molecule has 1 aromatic carbocycles. The summed E-state index contributed by atoms with van der Waals surface area (Å²) in [6.45, 7) is 2.95. The van der Waals surface area contributed by atoms with Crippen molar-refractivity contribution in [3.05, 3.63) is 59.4 Å². The molecule has 3 aromatic rings. The molecule has 27 heavy (non-hydrogen) atoms. The SMILES string of the molecule is CN=C(NCCc1nc(-c2ccco2)n[nH]1)NCc1ccc(F)c(C)c1.I. The van der Waals surface area contributed by atoms with Crippen LogP contribution in [0.15, 0.2) is 46.0 Å². The van der Waals surface area contributed by atoms with Gasteiger partial charge in [0.15, 0.2) is 11.7 Å². The fraction of sp³-hybridized carbons (Fsp3) is 0.278. The van der Waals surface area contributed by atoms with E-state index in [-0.39, 0.29) is 29.8 Å². The molecule has 3 rings (SSSR count). The molecule has 2 heterocycles. The Bertz CT molecular complexity index is 878. The Morgan fingerprint density at radius 1 is 1.30 bits per heavy atom. The van der Waals surface area contributed by atoms with E-state index in [9.17, 15) is 4.39 Å². The Morgan fingerprint density at radius 2 is 2.15 bits per heavy atom. The van der Waals surface area contributed by atoms with Crippen molar-refractivity contribution >= 4 is 29.9 Å². The van der Waals surface area contributed by atoms with Crippen molar-refractivity contribution in [1.82, 2.24) is 25.8 Å². The first-order valence-electron chi connectivity index (χ1n) is 8.30. The molecule has 7 nitrogen and oxygen atoms in total. The van der Waals surface area contributed by atoms with Crippen LogP contribution in [0.4, 0.5) is 4.39 Å². The van der Waals surface area contributed by atoms with E-state index in [1.165, 1.54) is 6.07 Å². The van der Waals surface area contributed by atoms with E-state index in [4.69, 9.17) is 4.42 Å². The highest BCUT2D eigenvalue weighted by atomic mass is 127. The maximum Gasteiger partial charge on any atom is 0.216 e. The third kappa shape index (κ3) is 5.78. The van der Waals surface area contributed by atoms with Gasteiger partial charge in [-0.1, -0.05) is 12.1 Å². The van der Waals surface area contributed by atoms with Crippen LogP contribution in [0.5, 0.6) is 0 Å². The van der Waals surface area contributed by atoms with Crippen LogP contribution in [0.25, 0.3) is 11.6 Å². The highest BCUT2D eigenvalue weighted by molar-refractivity contribution is 14.0. The van der Waals surface area contributed by atoms with Gasteiger partial charge in [-0.05, 0) is 36.2 Å². The minimum absolute atomic E-state index is 0. The second-order valence-corrected chi connectivity index (χ2v) is 5.77. The van der Waals surface area contributed by atoms with E-state index in [1.54, 1.807) is 32.4 Å². The zero-order valence-corrected chi connectivity index (χ0v) is 17.5. The Balaban J connectivity index is 0.00000261. The van der Waals surface area contributed by atoms with Gasteiger partial charge < -0.3 is 15.1 Å². The number of hydrogen-bond acceptors (Lipinski definition) is 4. The summed E-state index contributed by atoms with van der Waals surface area (Å²) >= 11 is 0. The number of halogens is 2. The average molecular weight is 484 g/mol. The standard InChI is InChI=1S/C18H21FN6O.HI/c1-12-10-13(5-6-14(12)19)11-22-18(20-2)21-8-7-16-23-17(25-24-16)15-4-3-9-26-15;/h3-6,9-10H,7-8,11H2,1-2H3,(H2,20,21,22)(H,23,24,25);1H. The van der Waals surface area contributed by atoms with Crippen LogP contribution >= 0.6 is 24.0 Å². The van der Waals surface area contributed by atoms with Crippen LogP contribution in [0, 0.1) is 12.7 Å². The summed E-state index contributed by atoms with van der Waals surface area (Å²) in [7, 11) is 1.70. The van der Waals surface area contributed by atoms with Gasteiger partial charge in [0, 0.05) is 26.6 Å². The van der Waals surface area contributed by atoms with E-state index in [0.29, 0.717) is 42.6 Å². The molecule has 2 aromatic heterocycles. The zero-order valence-electron chi connectivity index (χ0n) is 15.1. The van der Waals surface area contributed by atoms with Crippen LogP contribution < -0.4 is 10.6 Å². The number of rotatable bonds is 6. The second-order valence-electron chi connectivity index (χ2n) is 5.77. The van der Waals surface area contributed by atoms with E-state index in [0.717, 1.165) is 11.4 Å². The van der Waals surface area contributed by atoms with E-state index < -0.39 is 0 Å². The van der Waals surface area contributed by atoms with Crippen molar-refractivity contribution in [1.29, 1.82) is 0 Å². The first-order chi connectivity index (χ1) is 12.7. The van der Waals surface area contributed by atoms with Gasteiger partial charge in [0.05, 0.1) is 6.26 Å². The van der Waals surface area contributed by atoms with Gasteiger partial charge in [0.25, 0.3) is 0 Å². The second kappa shape index (κ2) is 10.0. The fourth-order valence-electron chi connectivity index (χ4n) is 2.45. The molecule has 0 aliphatic carbocycles. The first kappa shape index (κ1) is 20.9. The highest BCUT2D eigenvalue weighted by Gasteiger charge is 2.08. The van der Waals surface area contributed by atoms with Crippen molar-refractivity contribution in [3.63, 3.8) is 0 Å². The van der Waals surface area contributed by atoms with E-state index in [2.05, 4.69) is 30.8 Å².